The molecule has 3 atom stereocenters. The Bertz CT molecular complexity index is 1060. The lowest BCUT2D eigenvalue weighted by Gasteiger charge is -2.22. The van der Waals surface area contributed by atoms with E-state index in [1.165, 1.54) is 0 Å². The molecule has 4 nitrogen and oxygen atoms in total. The van der Waals surface area contributed by atoms with Crippen molar-refractivity contribution >= 4 is 23.4 Å². The number of ether oxygens (including phenoxy) is 1. The van der Waals surface area contributed by atoms with Crippen LogP contribution in [0.25, 0.3) is 11.1 Å². The molecule has 164 valence electrons. The molecule has 0 spiro atoms. The van der Waals surface area contributed by atoms with Gasteiger partial charge in [-0.15, -0.1) is 0 Å². The van der Waals surface area contributed by atoms with Crippen LogP contribution in [0.1, 0.15) is 28.8 Å². The maximum absolute atomic E-state index is 13.3. The minimum absolute atomic E-state index is 0.0785. The Morgan fingerprint density at radius 2 is 1.50 bits per heavy atom. The summed E-state index contributed by atoms with van der Waals surface area (Å²) >= 11 is 5.96. The van der Waals surface area contributed by atoms with Gasteiger partial charge < -0.3 is 9.84 Å². The smallest absolute Gasteiger partial charge is 0.310 e. The predicted octanol–water partition coefficient (Wildman–Crippen LogP) is 5.57. The number of halogens is 1. The maximum Gasteiger partial charge on any atom is 0.310 e. The van der Waals surface area contributed by atoms with Gasteiger partial charge in [-0.2, -0.15) is 0 Å². The summed E-state index contributed by atoms with van der Waals surface area (Å²) in [7, 11) is 0. The standard InChI is InChI=1S/C27H25ClO4/c28-23-13-10-20(11-14-23)19-6-8-21(9-7-19)26(30)24-15-12-22(16-29)25(24)27(31)32-17-18-4-2-1-3-5-18/h1-11,13-14,22,24-25,29H,12,15-17H2/t22-,24?,25?/m0/s1. The Labute approximate surface area is 192 Å². The minimum atomic E-state index is -0.632. The normalized spacial score (nSPS) is 20.1. The van der Waals surface area contributed by atoms with Crippen molar-refractivity contribution in [2.45, 2.75) is 19.4 Å². The molecule has 1 aliphatic carbocycles. The maximum atomic E-state index is 13.3. The SMILES string of the molecule is O=C(c1ccc(-c2ccc(Cl)cc2)cc1)C1CC[C@@H](CO)C1C(=O)OCc1ccccc1. The molecule has 32 heavy (non-hydrogen) atoms. The number of ketones is 1. The van der Waals surface area contributed by atoms with Crippen molar-refractivity contribution in [1.82, 2.24) is 0 Å². The first-order valence-electron chi connectivity index (χ1n) is 10.8. The molecule has 2 unspecified atom stereocenters. The van der Waals surface area contributed by atoms with Gasteiger partial charge >= 0.3 is 5.97 Å². The number of rotatable bonds is 7. The summed E-state index contributed by atoms with van der Waals surface area (Å²) in [4.78, 5) is 26.2. The highest BCUT2D eigenvalue weighted by Gasteiger charge is 2.45. The fourth-order valence-electron chi connectivity index (χ4n) is 4.45. The van der Waals surface area contributed by atoms with Gasteiger partial charge in [0.25, 0.3) is 0 Å². The number of Topliss-reactive ketones (excluding diaryl/α,β-unsaturated/α-hetero) is 1. The fraction of sp³-hybridized carbons (Fsp3) is 0.259. The van der Waals surface area contributed by atoms with Crippen molar-refractivity contribution in [3.05, 3.63) is 95.0 Å². The Morgan fingerprint density at radius 3 is 2.12 bits per heavy atom. The van der Waals surface area contributed by atoms with Crippen LogP contribution in [0.3, 0.4) is 0 Å². The molecule has 3 aromatic rings. The second kappa shape index (κ2) is 10.1. The van der Waals surface area contributed by atoms with E-state index in [2.05, 4.69) is 0 Å². The third kappa shape index (κ3) is 4.93. The molecule has 1 aliphatic rings. The molecule has 0 heterocycles. The molecule has 0 aliphatic heterocycles. The first-order valence-corrected chi connectivity index (χ1v) is 11.2. The first kappa shape index (κ1) is 22.3. The molecule has 0 aromatic heterocycles. The molecular formula is C27H25ClO4. The molecule has 0 bridgehead atoms. The number of hydrogen-bond donors (Lipinski definition) is 1. The molecular weight excluding hydrogens is 424 g/mol. The van der Waals surface area contributed by atoms with Crippen LogP contribution in [0.5, 0.6) is 0 Å². The highest BCUT2D eigenvalue weighted by atomic mass is 35.5. The van der Waals surface area contributed by atoms with Crippen molar-refractivity contribution in [3.8, 4) is 11.1 Å². The number of aliphatic hydroxyl groups excluding tert-OH is 1. The highest BCUT2D eigenvalue weighted by molar-refractivity contribution is 6.30. The summed E-state index contributed by atoms with van der Waals surface area (Å²) in [5, 5.41) is 10.5. The zero-order valence-corrected chi connectivity index (χ0v) is 18.4. The fourth-order valence-corrected chi connectivity index (χ4v) is 4.57. The van der Waals surface area contributed by atoms with Crippen LogP contribution in [0, 0.1) is 17.8 Å². The van der Waals surface area contributed by atoms with E-state index in [-0.39, 0.29) is 24.9 Å². The molecule has 0 saturated heterocycles. The van der Waals surface area contributed by atoms with Gasteiger partial charge in [-0.05, 0) is 47.6 Å². The Morgan fingerprint density at radius 1 is 0.875 bits per heavy atom. The molecule has 0 amide bonds. The molecule has 1 N–H and O–H groups in total. The third-order valence-electron chi connectivity index (χ3n) is 6.20. The summed E-state index contributed by atoms with van der Waals surface area (Å²) in [6.07, 6.45) is 1.19. The third-order valence-corrected chi connectivity index (χ3v) is 6.46. The average Bonchev–Trinajstić information content (AvgIpc) is 3.28. The van der Waals surface area contributed by atoms with Gasteiger partial charge in [-0.25, -0.2) is 0 Å². The molecule has 5 heteroatoms. The van der Waals surface area contributed by atoms with Crippen LogP contribution < -0.4 is 0 Å². The van der Waals surface area contributed by atoms with E-state index in [0.29, 0.717) is 23.4 Å². The van der Waals surface area contributed by atoms with E-state index in [0.717, 1.165) is 16.7 Å². The number of benzene rings is 3. The van der Waals surface area contributed by atoms with E-state index < -0.39 is 17.8 Å². The summed E-state index contributed by atoms with van der Waals surface area (Å²) in [6, 6.07) is 24.4. The van der Waals surface area contributed by atoms with Gasteiger partial charge in [-0.3, -0.25) is 9.59 Å². The second-order valence-electron chi connectivity index (χ2n) is 8.19. The molecule has 1 saturated carbocycles. The van der Waals surface area contributed by atoms with Crippen LogP contribution in [-0.4, -0.2) is 23.5 Å². The molecule has 0 radical (unpaired) electrons. The number of carbonyl (C=O) groups excluding carboxylic acids is 2. The van der Waals surface area contributed by atoms with E-state index >= 15 is 0 Å². The van der Waals surface area contributed by atoms with Crippen molar-refractivity contribution in [2.24, 2.45) is 17.8 Å². The number of esters is 1. The lowest BCUT2D eigenvalue weighted by molar-refractivity contribution is -0.152. The number of aliphatic hydroxyl groups is 1. The van der Waals surface area contributed by atoms with E-state index in [9.17, 15) is 14.7 Å². The van der Waals surface area contributed by atoms with E-state index in [1.54, 1.807) is 12.1 Å². The van der Waals surface area contributed by atoms with Gasteiger partial charge in [0.05, 0.1) is 5.92 Å². The Kier molecular flexibility index (Phi) is 7.03. The lowest BCUT2D eigenvalue weighted by Crippen LogP contribution is -2.32. The molecule has 4 rings (SSSR count). The van der Waals surface area contributed by atoms with E-state index in [1.807, 2.05) is 66.7 Å². The quantitative estimate of drug-likeness (QED) is 0.379. The van der Waals surface area contributed by atoms with E-state index in [4.69, 9.17) is 16.3 Å². The summed E-state index contributed by atoms with van der Waals surface area (Å²) in [5.74, 6) is -1.88. The summed E-state index contributed by atoms with van der Waals surface area (Å²) in [5.41, 5.74) is 3.45. The van der Waals surface area contributed by atoms with Gasteiger partial charge in [0.1, 0.15) is 6.61 Å². The van der Waals surface area contributed by atoms with Gasteiger partial charge in [0.15, 0.2) is 5.78 Å². The summed E-state index contributed by atoms with van der Waals surface area (Å²) < 4.78 is 5.53. The second-order valence-corrected chi connectivity index (χ2v) is 8.63. The zero-order chi connectivity index (χ0) is 22.5. The van der Waals surface area contributed by atoms with Gasteiger partial charge in [0.2, 0.25) is 0 Å². The van der Waals surface area contributed by atoms with Crippen LogP contribution in [0.4, 0.5) is 0 Å². The van der Waals surface area contributed by atoms with Crippen LogP contribution >= 0.6 is 11.6 Å². The molecule has 1 fully saturated rings. The largest absolute Gasteiger partial charge is 0.461 e. The Hall–Kier alpha value is -2.95. The van der Waals surface area contributed by atoms with Crippen LogP contribution in [0.2, 0.25) is 5.02 Å². The van der Waals surface area contributed by atoms with Gasteiger partial charge in [0, 0.05) is 23.1 Å². The predicted molar refractivity (Wildman–Crippen MR) is 124 cm³/mol. The Balaban J connectivity index is 1.48. The minimum Gasteiger partial charge on any atom is -0.461 e. The molecule has 3 aromatic carbocycles. The monoisotopic (exact) mass is 448 g/mol. The van der Waals surface area contributed by atoms with Crippen molar-refractivity contribution in [1.29, 1.82) is 0 Å². The van der Waals surface area contributed by atoms with Gasteiger partial charge in [-0.1, -0.05) is 78.3 Å². The first-order chi connectivity index (χ1) is 15.6. The van der Waals surface area contributed by atoms with Crippen molar-refractivity contribution in [3.63, 3.8) is 0 Å². The zero-order valence-electron chi connectivity index (χ0n) is 17.6. The number of carbonyl (C=O) groups is 2. The van der Waals surface area contributed by atoms with Crippen molar-refractivity contribution < 1.29 is 19.4 Å². The lowest BCUT2D eigenvalue weighted by atomic mass is 9.84. The summed E-state index contributed by atoms with van der Waals surface area (Å²) in [6.45, 7) is 0.0232. The number of hydrogen-bond acceptors (Lipinski definition) is 4. The average molecular weight is 449 g/mol. The topological polar surface area (TPSA) is 63.6 Å². The van der Waals surface area contributed by atoms with Crippen LogP contribution in [-0.2, 0) is 16.1 Å². The highest BCUT2D eigenvalue weighted by Crippen LogP contribution is 2.40. The van der Waals surface area contributed by atoms with Crippen molar-refractivity contribution in [2.75, 3.05) is 6.61 Å². The van der Waals surface area contributed by atoms with Crippen LogP contribution in [0.15, 0.2) is 78.9 Å².